The van der Waals surface area contributed by atoms with Gasteiger partial charge in [-0.2, -0.15) is 4.98 Å². The minimum atomic E-state index is 0.290. The van der Waals surface area contributed by atoms with E-state index in [2.05, 4.69) is 41.4 Å². The normalized spacial score (nSPS) is 12.7. The van der Waals surface area contributed by atoms with Gasteiger partial charge in [-0.15, -0.1) is 11.3 Å². The highest BCUT2D eigenvalue weighted by atomic mass is 32.1. The van der Waals surface area contributed by atoms with E-state index in [1.54, 1.807) is 0 Å². The number of hydrogen-bond acceptors (Lipinski definition) is 5. The maximum absolute atomic E-state index is 5.01. The molecule has 5 heteroatoms. The number of hydrogen-bond donors (Lipinski definition) is 1. The maximum Gasteiger partial charge on any atom is 0.321 e. The van der Waals surface area contributed by atoms with Crippen molar-refractivity contribution in [1.82, 2.24) is 10.1 Å². The van der Waals surface area contributed by atoms with E-state index in [-0.39, 0.29) is 6.04 Å². The van der Waals surface area contributed by atoms with Crippen LogP contribution in [0.5, 0.6) is 0 Å². The van der Waals surface area contributed by atoms with E-state index in [0.717, 1.165) is 6.42 Å². The third kappa shape index (κ3) is 2.82. The molecule has 4 nitrogen and oxygen atoms in total. The number of rotatable bonds is 4. The molecule has 2 aromatic heterocycles. The molecular formula is C11H15N3OS. The summed E-state index contributed by atoms with van der Waals surface area (Å²) in [6, 6.07) is 5.09. The summed E-state index contributed by atoms with van der Waals surface area (Å²) in [6.45, 7) is 6.03. The maximum atomic E-state index is 5.01. The highest BCUT2D eigenvalue weighted by molar-refractivity contribution is 7.11. The van der Waals surface area contributed by atoms with Crippen LogP contribution in [0.3, 0.4) is 0 Å². The van der Waals surface area contributed by atoms with Crippen LogP contribution < -0.4 is 5.32 Å². The lowest BCUT2D eigenvalue weighted by Gasteiger charge is -2.09. The third-order valence-electron chi connectivity index (χ3n) is 2.20. The fraction of sp³-hybridized carbons (Fsp3) is 0.455. The Bertz CT molecular complexity index is 421. The molecule has 1 N–H and O–H groups in total. The van der Waals surface area contributed by atoms with Crippen molar-refractivity contribution < 1.29 is 4.52 Å². The molecule has 1 unspecified atom stereocenters. The number of nitrogens with zero attached hydrogens (tertiary/aromatic N) is 2. The molecule has 0 aliphatic heterocycles. The summed E-state index contributed by atoms with van der Waals surface area (Å²) in [7, 11) is 0. The third-order valence-corrected chi connectivity index (χ3v) is 3.22. The van der Waals surface area contributed by atoms with E-state index in [0.29, 0.717) is 11.8 Å². The molecule has 0 spiro atoms. The molecule has 2 rings (SSSR count). The number of aromatic nitrogens is 2. The van der Waals surface area contributed by atoms with Crippen molar-refractivity contribution in [3.05, 3.63) is 27.7 Å². The van der Waals surface area contributed by atoms with Gasteiger partial charge in [0.25, 0.3) is 0 Å². The highest BCUT2D eigenvalue weighted by Crippen LogP contribution is 2.17. The Morgan fingerprint density at radius 3 is 2.81 bits per heavy atom. The van der Waals surface area contributed by atoms with E-state index in [1.807, 2.05) is 18.3 Å². The van der Waals surface area contributed by atoms with Crippen LogP contribution in [0.4, 0.5) is 6.01 Å². The Kier molecular flexibility index (Phi) is 3.24. The van der Waals surface area contributed by atoms with Crippen LogP contribution in [-0.2, 0) is 6.42 Å². The van der Waals surface area contributed by atoms with Crippen LogP contribution in [0, 0.1) is 13.8 Å². The molecule has 16 heavy (non-hydrogen) atoms. The van der Waals surface area contributed by atoms with Gasteiger partial charge >= 0.3 is 6.01 Å². The van der Waals surface area contributed by atoms with Crippen molar-refractivity contribution in [2.45, 2.75) is 33.2 Å². The summed E-state index contributed by atoms with van der Waals surface area (Å²) < 4.78 is 5.01. The molecule has 0 aliphatic rings. The minimum Gasteiger partial charge on any atom is -0.335 e. The van der Waals surface area contributed by atoms with Crippen molar-refractivity contribution in [2.24, 2.45) is 0 Å². The zero-order valence-corrected chi connectivity index (χ0v) is 10.5. The number of anilines is 1. The Morgan fingerprint density at radius 2 is 2.25 bits per heavy atom. The van der Waals surface area contributed by atoms with Gasteiger partial charge in [0.05, 0.1) is 0 Å². The summed E-state index contributed by atoms with van der Waals surface area (Å²) in [4.78, 5) is 6.82. The van der Waals surface area contributed by atoms with E-state index >= 15 is 0 Å². The molecular weight excluding hydrogens is 222 g/mol. The highest BCUT2D eigenvalue weighted by Gasteiger charge is 2.09. The van der Waals surface area contributed by atoms with Crippen LogP contribution in [-0.4, -0.2) is 16.2 Å². The Balaban J connectivity index is 1.91. The summed E-state index contributed by atoms with van der Waals surface area (Å²) in [5.41, 5.74) is 0. The summed E-state index contributed by atoms with van der Waals surface area (Å²) in [5.74, 6) is 0.654. The molecule has 2 heterocycles. The lowest BCUT2D eigenvalue weighted by Crippen LogP contribution is -2.17. The predicted octanol–water partition coefficient (Wildman–Crippen LogP) is 2.79. The van der Waals surface area contributed by atoms with Crippen LogP contribution in [0.25, 0.3) is 0 Å². The monoisotopic (exact) mass is 237 g/mol. The Labute approximate surface area is 98.7 Å². The van der Waals surface area contributed by atoms with E-state index in [9.17, 15) is 0 Å². The zero-order valence-electron chi connectivity index (χ0n) is 9.65. The second-order valence-corrected chi connectivity index (χ2v) is 5.28. The molecule has 0 amide bonds. The van der Waals surface area contributed by atoms with Gasteiger partial charge in [0.2, 0.25) is 0 Å². The fourth-order valence-electron chi connectivity index (χ4n) is 1.51. The van der Waals surface area contributed by atoms with E-state index in [4.69, 9.17) is 4.52 Å². The van der Waals surface area contributed by atoms with Gasteiger partial charge in [-0.25, -0.2) is 0 Å². The van der Waals surface area contributed by atoms with Crippen molar-refractivity contribution in [3.8, 4) is 0 Å². The second kappa shape index (κ2) is 4.65. The first-order chi connectivity index (χ1) is 7.63. The van der Waals surface area contributed by atoms with Gasteiger partial charge in [0.15, 0.2) is 5.82 Å². The van der Waals surface area contributed by atoms with Gasteiger partial charge < -0.3 is 9.84 Å². The number of thiophene rings is 1. The molecule has 86 valence electrons. The molecule has 0 bridgehead atoms. The van der Waals surface area contributed by atoms with Crippen LogP contribution in [0.1, 0.15) is 22.5 Å². The van der Waals surface area contributed by atoms with Crippen LogP contribution >= 0.6 is 11.3 Å². The van der Waals surface area contributed by atoms with Crippen molar-refractivity contribution in [1.29, 1.82) is 0 Å². The van der Waals surface area contributed by atoms with E-state index < -0.39 is 0 Å². The first-order valence-electron chi connectivity index (χ1n) is 5.25. The number of nitrogens with one attached hydrogen (secondary N) is 1. The minimum absolute atomic E-state index is 0.290. The van der Waals surface area contributed by atoms with Gasteiger partial charge in [-0.1, -0.05) is 5.16 Å². The molecule has 0 radical (unpaired) electrons. The smallest absolute Gasteiger partial charge is 0.321 e. The summed E-state index contributed by atoms with van der Waals surface area (Å²) in [6.07, 6.45) is 0.972. The quantitative estimate of drug-likeness (QED) is 0.888. The molecule has 1 atom stereocenters. The van der Waals surface area contributed by atoms with Crippen molar-refractivity contribution in [2.75, 3.05) is 5.32 Å². The second-order valence-electron chi connectivity index (χ2n) is 3.91. The standard InChI is InChI=1S/C11H15N3OS/c1-7(6-10-5-4-8(2)16-10)12-11-13-9(3)14-15-11/h4-5,7H,6H2,1-3H3,(H,12,13,14). The molecule has 0 saturated carbocycles. The number of aryl methyl sites for hydroxylation is 2. The summed E-state index contributed by atoms with van der Waals surface area (Å²) in [5, 5.41) is 6.92. The van der Waals surface area contributed by atoms with Crippen LogP contribution in [0.15, 0.2) is 16.7 Å². The van der Waals surface area contributed by atoms with Gasteiger partial charge in [0, 0.05) is 22.2 Å². The lowest BCUT2D eigenvalue weighted by molar-refractivity contribution is 0.422. The van der Waals surface area contributed by atoms with E-state index in [1.165, 1.54) is 9.75 Å². The molecule has 0 saturated heterocycles. The molecule has 0 aromatic carbocycles. The lowest BCUT2D eigenvalue weighted by atomic mass is 10.2. The topological polar surface area (TPSA) is 51.0 Å². The SMILES string of the molecule is Cc1noc(NC(C)Cc2ccc(C)s2)n1. The molecule has 0 aliphatic carbocycles. The first-order valence-corrected chi connectivity index (χ1v) is 6.07. The largest absolute Gasteiger partial charge is 0.335 e. The van der Waals surface area contributed by atoms with Gasteiger partial charge in [-0.3, -0.25) is 0 Å². The molecule has 0 fully saturated rings. The van der Waals surface area contributed by atoms with Gasteiger partial charge in [-0.05, 0) is 32.9 Å². The Morgan fingerprint density at radius 1 is 1.44 bits per heavy atom. The zero-order chi connectivity index (χ0) is 11.5. The van der Waals surface area contributed by atoms with Crippen molar-refractivity contribution >= 4 is 17.4 Å². The predicted molar refractivity (Wildman–Crippen MR) is 64.9 cm³/mol. The van der Waals surface area contributed by atoms with Crippen molar-refractivity contribution in [3.63, 3.8) is 0 Å². The Hall–Kier alpha value is -1.36. The summed E-state index contributed by atoms with van der Waals surface area (Å²) >= 11 is 1.83. The van der Waals surface area contributed by atoms with Crippen LogP contribution in [0.2, 0.25) is 0 Å². The fourth-order valence-corrected chi connectivity index (χ4v) is 2.53. The average molecular weight is 237 g/mol. The molecule has 2 aromatic rings. The first kappa shape index (κ1) is 11.1. The average Bonchev–Trinajstić information content (AvgIpc) is 2.76. The van der Waals surface area contributed by atoms with Gasteiger partial charge in [0.1, 0.15) is 0 Å².